The van der Waals surface area contributed by atoms with Crippen molar-refractivity contribution in [1.29, 1.82) is 0 Å². The third kappa shape index (κ3) is 4.19. The van der Waals surface area contributed by atoms with Crippen molar-refractivity contribution >= 4 is 29.5 Å². The van der Waals surface area contributed by atoms with Crippen molar-refractivity contribution in [2.75, 3.05) is 13.1 Å². The third-order valence-electron chi connectivity index (χ3n) is 6.06. The molecule has 1 saturated carbocycles. The zero-order valence-electron chi connectivity index (χ0n) is 15.8. The quantitative estimate of drug-likeness (QED) is 0.314. The SMILES string of the molecule is O=C(N/N=C/c1ccccc1O)C1CCN(C(=S)N[C@@H]2C[C@H]3C=C[C@H]2C3)CC1. The number of thiocarbonyl (C=S) groups is 1. The molecular formula is C21H26N4O2S. The maximum Gasteiger partial charge on any atom is 0.243 e. The molecule has 0 spiro atoms. The Kier molecular flexibility index (Phi) is 5.62. The molecule has 0 aromatic heterocycles. The Morgan fingerprint density at radius 2 is 2.00 bits per heavy atom. The smallest absolute Gasteiger partial charge is 0.243 e. The monoisotopic (exact) mass is 398 g/mol. The lowest BCUT2D eigenvalue weighted by Crippen LogP contribution is -2.49. The van der Waals surface area contributed by atoms with Gasteiger partial charge in [0.2, 0.25) is 5.91 Å². The topological polar surface area (TPSA) is 77.0 Å². The zero-order chi connectivity index (χ0) is 19.5. The van der Waals surface area contributed by atoms with Crippen LogP contribution in [0.3, 0.4) is 0 Å². The van der Waals surface area contributed by atoms with Crippen LogP contribution in [0.25, 0.3) is 0 Å². The van der Waals surface area contributed by atoms with E-state index in [1.165, 1.54) is 19.1 Å². The van der Waals surface area contributed by atoms with Gasteiger partial charge in [0.05, 0.1) is 6.21 Å². The zero-order valence-corrected chi connectivity index (χ0v) is 16.6. The lowest BCUT2D eigenvalue weighted by atomic mass is 9.96. The van der Waals surface area contributed by atoms with Crippen LogP contribution in [0, 0.1) is 17.8 Å². The number of hydrogen-bond donors (Lipinski definition) is 3. The molecule has 148 valence electrons. The average molecular weight is 399 g/mol. The first-order valence-corrected chi connectivity index (χ1v) is 10.4. The van der Waals surface area contributed by atoms with Crippen molar-refractivity contribution in [3.05, 3.63) is 42.0 Å². The number of hydrazone groups is 1. The normalized spacial score (nSPS) is 26.7. The van der Waals surface area contributed by atoms with Crippen LogP contribution in [0.5, 0.6) is 5.75 Å². The summed E-state index contributed by atoms with van der Waals surface area (Å²) in [5, 5.41) is 18.1. The van der Waals surface area contributed by atoms with Crippen molar-refractivity contribution in [2.45, 2.75) is 31.7 Å². The minimum Gasteiger partial charge on any atom is -0.507 e. The van der Waals surface area contributed by atoms with E-state index in [-0.39, 0.29) is 17.6 Å². The summed E-state index contributed by atoms with van der Waals surface area (Å²) in [5.41, 5.74) is 3.17. The molecule has 3 atom stereocenters. The van der Waals surface area contributed by atoms with Crippen LogP contribution in [0.1, 0.15) is 31.2 Å². The Morgan fingerprint density at radius 3 is 2.68 bits per heavy atom. The summed E-state index contributed by atoms with van der Waals surface area (Å²) in [7, 11) is 0. The van der Waals surface area contributed by atoms with Gasteiger partial charge >= 0.3 is 0 Å². The number of carbonyl (C=O) groups excluding carboxylic acids is 1. The Labute approximate surface area is 170 Å². The van der Waals surface area contributed by atoms with Gasteiger partial charge in [-0.3, -0.25) is 4.79 Å². The minimum atomic E-state index is -0.0801. The average Bonchev–Trinajstić information content (AvgIpc) is 3.32. The number of phenols is 1. The van der Waals surface area contributed by atoms with Crippen molar-refractivity contribution in [3.8, 4) is 5.75 Å². The number of nitrogens with zero attached hydrogens (tertiary/aromatic N) is 2. The van der Waals surface area contributed by atoms with Gasteiger partial charge in [-0.05, 0) is 61.9 Å². The number of benzene rings is 1. The number of aromatic hydroxyl groups is 1. The number of piperidine rings is 1. The lowest BCUT2D eigenvalue weighted by molar-refractivity contribution is -0.126. The number of rotatable bonds is 4. The molecule has 28 heavy (non-hydrogen) atoms. The molecule has 4 rings (SSSR count). The van der Waals surface area contributed by atoms with Crippen LogP contribution in [0.4, 0.5) is 0 Å². The summed E-state index contributed by atoms with van der Waals surface area (Å²) < 4.78 is 0. The molecule has 0 unspecified atom stereocenters. The Bertz CT molecular complexity index is 801. The highest BCUT2D eigenvalue weighted by Gasteiger charge is 2.36. The number of phenolic OH excluding ortho intramolecular Hbond substituents is 1. The molecule has 0 radical (unpaired) electrons. The van der Waals surface area contributed by atoms with Crippen molar-refractivity contribution < 1.29 is 9.90 Å². The lowest BCUT2D eigenvalue weighted by Gasteiger charge is -2.35. The second kappa shape index (κ2) is 8.31. The van der Waals surface area contributed by atoms with Gasteiger partial charge < -0.3 is 15.3 Å². The van der Waals surface area contributed by atoms with Gasteiger partial charge in [-0.25, -0.2) is 5.43 Å². The molecule has 1 aliphatic heterocycles. The van der Waals surface area contributed by atoms with Crippen LogP contribution in [0.2, 0.25) is 0 Å². The second-order valence-electron chi connectivity index (χ2n) is 7.89. The molecule has 2 bridgehead atoms. The highest BCUT2D eigenvalue weighted by Crippen LogP contribution is 2.39. The molecule has 1 amide bonds. The summed E-state index contributed by atoms with van der Waals surface area (Å²) in [6.45, 7) is 1.56. The van der Waals surface area contributed by atoms with Gasteiger partial charge in [0.1, 0.15) is 5.75 Å². The summed E-state index contributed by atoms with van der Waals surface area (Å²) in [4.78, 5) is 14.5. The van der Waals surface area contributed by atoms with E-state index in [0.29, 0.717) is 17.5 Å². The van der Waals surface area contributed by atoms with E-state index in [0.717, 1.165) is 37.0 Å². The van der Waals surface area contributed by atoms with Gasteiger partial charge in [0, 0.05) is 30.6 Å². The summed E-state index contributed by atoms with van der Waals surface area (Å²) in [5.74, 6) is 1.33. The van der Waals surface area contributed by atoms with E-state index in [9.17, 15) is 9.90 Å². The summed E-state index contributed by atoms with van der Waals surface area (Å²) >= 11 is 5.61. The van der Waals surface area contributed by atoms with Gasteiger partial charge in [-0.2, -0.15) is 5.10 Å². The fourth-order valence-corrected chi connectivity index (χ4v) is 4.73. The Morgan fingerprint density at radius 1 is 1.21 bits per heavy atom. The number of carbonyl (C=O) groups is 1. The van der Waals surface area contributed by atoms with Crippen molar-refractivity contribution in [3.63, 3.8) is 0 Å². The number of para-hydroxylation sites is 1. The highest BCUT2D eigenvalue weighted by atomic mass is 32.1. The molecule has 1 saturated heterocycles. The number of hydrogen-bond acceptors (Lipinski definition) is 4. The molecule has 2 aliphatic carbocycles. The number of fused-ring (bicyclic) bond motifs is 2. The summed E-state index contributed by atoms with van der Waals surface area (Å²) in [6.07, 6.45) is 10.1. The second-order valence-corrected chi connectivity index (χ2v) is 8.28. The first-order valence-electron chi connectivity index (χ1n) is 9.95. The molecule has 7 heteroatoms. The molecule has 1 heterocycles. The Balaban J connectivity index is 1.21. The van der Waals surface area contributed by atoms with Gasteiger partial charge in [-0.15, -0.1) is 0 Å². The molecule has 1 aromatic rings. The predicted molar refractivity (Wildman–Crippen MR) is 113 cm³/mol. The molecule has 6 nitrogen and oxygen atoms in total. The molecule has 2 fully saturated rings. The van der Waals surface area contributed by atoms with Crippen LogP contribution < -0.4 is 10.7 Å². The van der Waals surface area contributed by atoms with E-state index in [4.69, 9.17) is 12.2 Å². The number of likely N-dealkylation sites (tertiary alicyclic amines) is 1. The molecule has 3 N–H and O–H groups in total. The van der Waals surface area contributed by atoms with E-state index in [1.807, 2.05) is 6.07 Å². The van der Waals surface area contributed by atoms with E-state index in [1.54, 1.807) is 18.2 Å². The van der Waals surface area contributed by atoms with Crippen LogP contribution in [-0.2, 0) is 4.79 Å². The minimum absolute atomic E-state index is 0.0639. The molecule has 1 aromatic carbocycles. The summed E-state index contributed by atoms with van der Waals surface area (Å²) in [6, 6.07) is 7.34. The number of nitrogens with one attached hydrogen (secondary N) is 2. The molecular weight excluding hydrogens is 372 g/mol. The van der Waals surface area contributed by atoms with Gasteiger partial charge in [0.25, 0.3) is 0 Å². The number of amides is 1. The Hall–Kier alpha value is -2.41. The van der Waals surface area contributed by atoms with E-state index >= 15 is 0 Å². The standard InChI is InChI=1S/C21H26N4O2S/c26-19-4-2-1-3-17(19)13-22-24-20(27)15-7-9-25(10-8-15)21(28)23-18-12-14-5-6-16(18)11-14/h1-6,13-16,18,26H,7-12H2,(H,23,28)(H,24,27)/b22-13+/t14-,16-,18+/m0/s1. The fourth-order valence-electron chi connectivity index (χ4n) is 4.39. The largest absolute Gasteiger partial charge is 0.507 e. The van der Waals surface area contributed by atoms with E-state index < -0.39 is 0 Å². The first kappa shape index (κ1) is 18.9. The maximum atomic E-state index is 12.4. The van der Waals surface area contributed by atoms with Crippen LogP contribution >= 0.6 is 12.2 Å². The van der Waals surface area contributed by atoms with Gasteiger partial charge in [-0.1, -0.05) is 24.3 Å². The highest BCUT2D eigenvalue weighted by molar-refractivity contribution is 7.80. The predicted octanol–water partition coefficient (Wildman–Crippen LogP) is 2.39. The first-order chi connectivity index (χ1) is 13.6. The van der Waals surface area contributed by atoms with Crippen LogP contribution in [0.15, 0.2) is 41.5 Å². The molecule has 3 aliphatic rings. The van der Waals surface area contributed by atoms with E-state index in [2.05, 4.69) is 32.9 Å². The van der Waals surface area contributed by atoms with Gasteiger partial charge in [0.15, 0.2) is 5.11 Å². The maximum absolute atomic E-state index is 12.4. The van der Waals surface area contributed by atoms with Crippen molar-refractivity contribution in [1.82, 2.24) is 15.6 Å². The van der Waals surface area contributed by atoms with Crippen LogP contribution in [-0.4, -0.2) is 46.4 Å². The number of allylic oxidation sites excluding steroid dienone is 1. The van der Waals surface area contributed by atoms with Crippen molar-refractivity contribution in [2.24, 2.45) is 22.9 Å². The third-order valence-corrected chi connectivity index (χ3v) is 6.43. The fraction of sp³-hybridized carbons (Fsp3) is 0.476.